The number of rotatable bonds is 11. The molecule has 0 aromatic heterocycles. The number of hydrogen-bond donors (Lipinski definition) is 0. The summed E-state index contributed by atoms with van der Waals surface area (Å²) in [7, 11) is -1.89. The molecule has 3 aliphatic rings. The third-order valence-electron chi connectivity index (χ3n) is 8.23. The third-order valence-corrected chi connectivity index (χ3v) is 10.0. The molecule has 2 saturated carbocycles. The molecule has 9 heteroatoms. The molecular formula is C28H43N3O5S. The van der Waals surface area contributed by atoms with E-state index in [4.69, 9.17) is 4.74 Å². The Hall–Kier alpha value is -2.13. The number of benzene rings is 1. The summed E-state index contributed by atoms with van der Waals surface area (Å²) in [4.78, 5) is 30.2. The zero-order chi connectivity index (χ0) is 26.4. The minimum absolute atomic E-state index is 0.00680. The summed E-state index contributed by atoms with van der Waals surface area (Å²) in [5.74, 6) is 1.35. The van der Waals surface area contributed by atoms with Gasteiger partial charge in [-0.1, -0.05) is 31.4 Å². The maximum absolute atomic E-state index is 13.8. The number of sulfonamides is 1. The van der Waals surface area contributed by atoms with Gasteiger partial charge in [0.15, 0.2) is 0 Å². The summed E-state index contributed by atoms with van der Waals surface area (Å²) in [6.07, 6.45) is 8.90. The highest BCUT2D eigenvalue weighted by molar-refractivity contribution is 7.89. The van der Waals surface area contributed by atoms with Crippen LogP contribution in [0, 0.1) is 11.8 Å². The van der Waals surface area contributed by atoms with Gasteiger partial charge in [0.2, 0.25) is 21.8 Å². The first kappa shape index (κ1) is 27.9. The van der Waals surface area contributed by atoms with Crippen molar-refractivity contribution in [2.45, 2.75) is 77.3 Å². The van der Waals surface area contributed by atoms with Crippen molar-refractivity contribution in [3.8, 4) is 5.75 Å². The molecule has 4 rings (SSSR count). The average Bonchev–Trinajstić information content (AvgIpc) is 3.78. The van der Waals surface area contributed by atoms with E-state index in [-0.39, 0.29) is 36.1 Å². The second-order valence-electron chi connectivity index (χ2n) is 10.9. The van der Waals surface area contributed by atoms with E-state index in [0.29, 0.717) is 44.9 Å². The van der Waals surface area contributed by atoms with Crippen LogP contribution in [0.25, 0.3) is 0 Å². The van der Waals surface area contributed by atoms with Gasteiger partial charge in [-0.15, -0.1) is 0 Å². The molecule has 1 aliphatic heterocycles. The Morgan fingerprint density at radius 3 is 2.19 bits per heavy atom. The largest absolute Gasteiger partial charge is 0.497 e. The molecule has 8 nitrogen and oxygen atoms in total. The van der Waals surface area contributed by atoms with Crippen molar-refractivity contribution in [3.63, 3.8) is 0 Å². The van der Waals surface area contributed by atoms with E-state index in [1.165, 1.54) is 10.7 Å². The Balaban J connectivity index is 1.49. The molecule has 2 aliphatic carbocycles. The molecule has 2 amide bonds. The van der Waals surface area contributed by atoms with Crippen molar-refractivity contribution in [1.82, 2.24) is 14.1 Å². The van der Waals surface area contributed by atoms with E-state index in [9.17, 15) is 18.0 Å². The molecule has 0 unspecified atom stereocenters. The summed E-state index contributed by atoms with van der Waals surface area (Å²) < 4.78 is 32.8. The number of methoxy groups -OCH3 is 1. The van der Waals surface area contributed by atoms with E-state index in [1.54, 1.807) is 14.0 Å². The molecule has 1 aromatic rings. The number of hydrogen-bond acceptors (Lipinski definition) is 5. The van der Waals surface area contributed by atoms with Gasteiger partial charge in [0.05, 0.1) is 19.4 Å². The summed E-state index contributed by atoms with van der Waals surface area (Å²) in [5, 5.41) is 0. The lowest BCUT2D eigenvalue weighted by Gasteiger charge is -2.39. The van der Waals surface area contributed by atoms with Gasteiger partial charge in [-0.05, 0) is 69.1 Å². The Morgan fingerprint density at radius 2 is 1.62 bits per heavy atom. The third kappa shape index (κ3) is 7.47. The maximum atomic E-state index is 13.8. The van der Waals surface area contributed by atoms with Crippen LogP contribution < -0.4 is 4.74 Å². The fraction of sp³-hybridized carbons (Fsp3) is 0.714. The lowest BCUT2D eigenvalue weighted by atomic mass is 9.89. The average molecular weight is 534 g/mol. The van der Waals surface area contributed by atoms with Gasteiger partial charge >= 0.3 is 0 Å². The van der Waals surface area contributed by atoms with Gasteiger partial charge in [0.1, 0.15) is 5.75 Å². The van der Waals surface area contributed by atoms with Crippen molar-refractivity contribution < 1.29 is 22.7 Å². The monoisotopic (exact) mass is 533 g/mol. The van der Waals surface area contributed by atoms with Crippen LogP contribution in [0.3, 0.4) is 0 Å². The first-order valence-electron chi connectivity index (χ1n) is 14.0. The number of nitrogens with zero attached hydrogens (tertiary/aromatic N) is 3. The quantitative estimate of drug-likeness (QED) is 0.433. The second-order valence-corrected chi connectivity index (χ2v) is 13.2. The second kappa shape index (κ2) is 12.6. The molecule has 1 saturated heterocycles. The van der Waals surface area contributed by atoms with E-state index in [1.807, 2.05) is 34.1 Å². The normalized spacial score (nSPS) is 19.7. The first-order valence-corrected chi connectivity index (χ1v) is 15.6. The molecule has 206 valence electrons. The highest BCUT2D eigenvalue weighted by atomic mass is 32.2. The van der Waals surface area contributed by atoms with Crippen LogP contribution in [0.15, 0.2) is 24.3 Å². The minimum Gasteiger partial charge on any atom is -0.497 e. The SMILES string of the molecule is CCS(=O)(=O)N(CC(=O)N(Cc1ccc(OC)cc1)C1CCN(C(=O)C2CC2)CC1)CC1CCCCC1. The fourth-order valence-corrected chi connectivity index (χ4v) is 6.80. The van der Waals surface area contributed by atoms with Gasteiger partial charge in [-0.2, -0.15) is 4.31 Å². The highest BCUT2D eigenvalue weighted by Crippen LogP contribution is 2.32. The highest BCUT2D eigenvalue weighted by Gasteiger charge is 2.37. The molecule has 1 aromatic carbocycles. The van der Waals surface area contributed by atoms with Crippen molar-refractivity contribution >= 4 is 21.8 Å². The molecule has 1 heterocycles. The molecule has 0 atom stereocenters. The van der Waals surface area contributed by atoms with Crippen LogP contribution in [-0.4, -0.2) is 79.4 Å². The Morgan fingerprint density at radius 1 is 0.973 bits per heavy atom. The predicted octanol–water partition coefficient (Wildman–Crippen LogP) is 3.66. The molecule has 0 spiro atoms. The summed E-state index contributed by atoms with van der Waals surface area (Å²) in [5.41, 5.74) is 0.975. The number of amides is 2. The van der Waals surface area contributed by atoms with Gasteiger partial charge in [-0.3, -0.25) is 9.59 Å². The molecule has 0 radical (unpaired) electrons. The van der Waals surface area contributed by atoms with Crippen LogP contribution in [0.2, 0.25) is 0 Å². The van der Waals surface area contributed by atoms with Crippen LogP contribution >= 0.6 is 0 Å². The first-order chi connectivity index (χ1) is 17.8. The van der Waals surface area contributed by atoms with Crippen LogP contribution in [0.1, 0.15) is 70.3 Å². The number of likely N-dealkylation sites (tertiary alicyclic amines) is 1. The van der Waals surface area contributed by atoms with Crippen molar-refractivity contribution in [3.05, 3.63) is 29.8 Å². The van der Waals surface area contributed by atoms with Gasteiger partial charge in [-0.25, -0.2) is 8.42 Å². The molecule has 0 N–H and O–H groups in total. The number of carbonyl (C=O) groups excluding carboxylic acids is 2. The standard InChI is InChI=1S/C28H43N3O5S/c1-3-37(34,35)30(19-22-7-5-4-6-8-22)21-27(32)31(20-23-9-13-26(36-2)14-10-23)25-15-17-29(18-16-25)28(33)24-11-12-24/h9-10,13-14,22,24-25H,3-8,11-12,15-21H2,1-2H3. The molecule has 37 heavy (non-hydrogen) atoms. The minimum atomic E-state index is -3.51. The molecule has 3 fully saturated rings. The zero-order valence-corrected chi connectivity index (χ0v) is 23.3. The molecular weight excluding hydrogens is 490 g/mol. The summed E-state index contributed by atoms with van der Waals surface area (Å²) in [6, 6.07) is 7.64. The lowest BCUT2D eigenvalue weighted by molar-refractivity contribution is -0.138. The Labute approximate surface area is 222 Å². The van der Waals surface area contributed by atoms with Gasteiger partial charge in [0, 0.05) is 38.1 Å². The summed E-state index contributed by atoms with van der Waals surface area (Å²) >= 11 is 0. The van der Waals surface area contributed by atoms with E-state index < -0.39 is 10.0 Å². The lowest BCUT2D eigenvalue weighted by Crippen LogP contribution is -2.52. The Kier molecular flexibility index (Phi) is 9.51. The number of carbonyl (C=O) groups is 2. The molecule has 0 bridgehead atoms. The van der Waals surface area contributed by atoms with Crippen molar-refractivity contribution in [1.29, 1.82) is 0 Å². The summed E-state index contributed by atoms with van der Waals surface area (Å²) in [6.45, 7) is 3.65. The van der Waals surface area contributed by atoms with Crippen LogP contribution in [-0.2, 0) is 26.2 Å². The maximum Gasteiger partial charge on any atom is 0.238 e. The number of piperidine rings is 1. The topological polar surface area (TPSA) is 87.2 Å². The van der Waals surface area contributed by atoms with E-state index in [0.717, 1.165) is 49.8 Å². The van der Waals surface area contributed by atoms with Crippen molar-refractivity contribution in [2.24, 2.45) is 11.8 Å². The zero-order valence-electron chi connectivity index (χ0n) is 22.4. The Bertz CT molecular complexity index is 1010. The van der Waals surface area contributed by atoms with Crippen LogP contribution in [0.5, 0.6) is 5.75 Å². The van der Waals surface area contributed by atoms with Gasteiger partial charge < -0.3 is 14.5 Å². The predicted molar refractivity (Wildman–Crippen MR) is 143 cm³/mol. The smallest absolute Gasteiger partial charge is 0.238 e. The van der Waals surface area contributed by atoms with Crippen LogP contribution in [0.4, 0.5) is 0 Å². The van der Waals surface area contributed by atoms with E-state index in [2.05, 4.69) is 0 Å². The number of ether oxygens (including phenoxy) is 1. The van der Waals surface area contributed by atoms with Crippen molar-refractivity contribution in [2.75, 3.05) is 39.0 Å². The van der Waals surface area contributed by atoms with Gasteiger partial charge in [0.25, 0.3) is 0 Å². The fourth-order valence-electron chi connectivity index (χ4n) is 5.69. The van der Waals surface area contributed by atoms with E-state index >= 15 is 0 Å².